The van der Waals surface area contributed by atoms with Crippen molar-refractivity contribution in [3.05, 3.63) is 18.7 Å². The SMILES string of the molecule is CCC1CCSC(=NCCn2ccnc2)N1. The first-order valence-electron chi connectivity index (χ1n) is 5.78. The van der Waals surface area contributed by atoms with Crippen LogP contribution in [0.25, 0.3) is 0 Å². The van der Waals surface area contributed by atoms with Crippen molar-refractivity contribution in [2.45, 2.75) is 32.4 Å². The zero-order valence-corrected chi connectivity index (χ0v) is 10.4. The van der Waals surface area contributed by atoms with Crippen LogP contribution in [0, 0.1) is 0 Å². The van der Waals surface area contributed by atoms with Crippen molar-refractivity contribution in [3.63, 3.8) is 0 Å². The Hall–Kier alpha value is -0.970. The standard InChI is InChI=1S/C11H18N4S/c1-2-10-3-8-16-11(14-10)13-5-7-15-6-4-12-9-15/h4,6,9-10H,2-3,5,7-8H2,1H3,(H,13,14). The van der Waals surface area contributed by atoms with E-state index in [2.05, 4.69) is 26.8 Å². The van der Waals surface area contributed by atoms with E-state index in [-0.39, 0.29) is 0 Å². The lowest BCUT2D eigenvalue weighted by atomic mass is 10.2. The fraction of sp³-hybridized carbons (Fsp3) is 0.636. The Morgan fingerprint density at radius 3 is 3.38 bits per heavy atom. The predicted molar refractivity (Wildman–Crippen MR) is 68.8 cm³/mol. The lowest BCUT2D eigenvalue weighted by molar-refractivity contribution is 0.569. The van der Waals surface area contributed by atoms with Crippen molar-refractivity contribution in [1.29, 1.82) is 0 Å². The summed E-state index contributed by atoms with van der Waals surface area (Å²) in [5.74, 6) is 1.19. The summed E-state index contributed by atoms with van der Waals surface area (Å²) in [6.45, 7) is 3.95. The molecule has 2 rings (SSSR count). The predicted octanol–water partition coefficient (Wildman–Crippen LogP) is 1.74. The van der Waals surface area contributed by atoms with Crippen LogP contribution in [0.1, 0.15) is 19.8 Å². The number of thioether (sulfide) groups is 1. The van der Waals surface area contributed by atoms with Gasteiger partial charge in [0.15, 0.2) is 5.17 Å². The molecule has 1 aliphatic heterocycles. The van der Waals surface area contributed by atoms with E-state index in [1.165, 1.54) is 18.6 Å². The van der Waals surface area contributed by atoms with Crippen LogP contribution in [0.5, 0.6) is 0 Å². The fourth-order valence-corrected chi connectivity index (χ4v) is 2.70. The molecule has 1 saturated heterocycles. The molecule has 0 aromatic carbocycles. The van der Waals surface area contributed by atoms with Crippen molar-refractivity contribution in [2.24, 2.45) is 4.99 Å². The number of nitrogens with zero attached hydrogens (tertiary/aromatic N) is 3. The van der Waals surface area contributed by atoms with E-state index in [9.17, 15) is 0 Å². The van der Waals surface area contributed by atoms with Crippen LogP contribution in [0.2, 0.25) is 0 Å². The highest BCUT2D eigenvalue weighted by Crippen LogP contribution is 2.15. The summed E-state index contributed by atoms with van der Waals surface area (Å²) in [6.07, 6.45) is 8.03. The smallest absolute Gasteiger partial charge is 0.156 e. The number of aliphatic imine (C=N–C) groups is 1. The van der Waals surface area contributed by atoms with Crippen LogP contribution in [0.4, 0.5) is 0 Å². The zero-order chi connectivity index (χ0) is 11.2. The molecular weight excluding hydrogens is 220 g/mol. The minimum Gasteiger partial charge on any atom is -0.362 e. The highest BCUT2D eigenvalue weighted by Gasteiger charge is 2.14. The Kier molecular flexibility index (Phi) is 4.27. The molecule has 1 aromatic heterocycles. The van der Waals surface area contributed by atoms with Crippen molar-refractivity contribution < 1.29 is 0 Å². The summed E-state index contributed by atoms with van der Waals surface area (Å²) in [5, 5.41) is 4.58. The second kappa shape index (κ2) is 5.94. The molecule has 0 radical (unpaired) electrons. The second-order valence-corrected chi connectivity index (χ2v) is 4.96. The van der Waals surface area contributed by atoms with E-state index in [0.29, 0.717) is 6.04 Å². The van der Waals surface area contributed by atoms with Gasteiger partial charge in [-0.15, -0.1) is 0 Å². The van der Waals surface area contributed by atoms with Gasteiger partial charge in [0.2, 0.25) is 0 Å². The summed E-state index contributed by atoms with van der Waals surface area (Å²) in [6, 6.07) is 0.619. The highest BCUT2D eigenvalue weighted by atomic mass is 32.2. The lowest BCUT2D eigenvalue weighted by Crippen LogP contribution is -2.37. The maximum Gasteiger partial charge on any atom is 0.156 e. The molecule has 5 heteroatoms. The number of hydrogen-bond donors (Lipinski definition) is 1. The van der Waals surface area contributed by atoms with Gasteiger partial charge in [-0.3, -0.25) is 4.99 Å². The summed E-state index contributed by atoms with van der Waals surface area (Å²) >= 11 is 1.83. The zero-order valence-electron chi connectivity index (χ0n) is 9.59. The van der Waals surface area contributed by atoms with Gasteiger partial charge in [-0.05, 0) is 12.8 Å². The summed E-state index contributed by atoms with van der Waals surface area (Å²) in [7, 11) is 0. The van der Waals surface area contributed by atoms with E-state index >= 15 is 0 Å². The number of rotatable bonds is 4. The minimum atomic E-state index is 0.619. The van der Waals surface area contributed by atoms with Crippen molar-refractivity contribution in [2.75, 3.05) is 12.3 Å². The minimum absolute atomic E-state index is 0.619. The molecule has 0 bridgehead atoms. The molecule has 1 unspecified atom stereocenters. The van der Waals surface area contributed by atoms with Gasteiger partial charge >= 0.3 is 0 Å². The maximum absolute atomic E-state index is 4.58. The molecule has 0 aliphatic carbocycles. The number of imidazole rings is 1. The van der Waals surface area contributed by atoms with Crippen LogP contribution in [-0.2, 0) is 6.54 Å². The van der Waals surface area contributed by atoms with Gasteiger partial charge in [0.05, 0.1) is 12.9 Å². The Morgan fingerprint density at radius 2 is 2.62 bits per heavy atom. The van der Waals surface area contributed by atoms with Gasteiger partial charge in [0.25, 0.3) is 0 Å². The lowest BCUT2D eigenvalue weighted by Gasteiger charge is -2.24. The number of nitrogens with one attached hydrogen (secondary N) is 1. The third-order valence-corrected chi connectivity index (χ3v) is 3.66. The van der Waals surface area contributed by atoms with E-state index < -0.39 is 0 Å². The van der Waals surface area contributed by atoms with Gasteiger partial charge in [0, 0.05) is 30.7 Å². The van der Waals surface area contributed by atoms with Gasteiger partial charge in [0.1, 0.15) is 0 Å². The Bertz CT molecular complexity index is 334. The van der Waals surface area contributed by atoms with E-state index in [1.807, 2.05) is 24.3 Å². The van der Waals surface area contributed by atoms with Gasteiger partial charge in [-0.1, -0.05) is 18.7 Å². The quantitative estimate of drug-likeness (QED) is 0.869. The second-order valence-electron chi connectivity index (χ2n) is 3.87. The third kappa shape index (κ3) is 3.27. The average Bonchev–Trinajstić information content (AvgIpc) is 2.82. The molecule has 1 N–H and O–H groups in total. The summed E-state index contributed by atoms with van der Waals surface area (Å²) in [4.78, 5) is 8.58. The molecule has 2 heterocycles. The van der Waals surface area contributed by atoms with Gasteiger partial charge in [-0.2, -0.15) is 0 Å². The summed E-state index contributed by atoms with van der Waals surface area (Å²) in [5.41, 5.74) is 0. The first kappa shape index (κ1) is 11.5. The Morgan fingerprint density at radius 1 is 1.69 bits per heavy atom. The van der Waals surface area contributed by atoms with Crippen molar-refractivity contribution in [3.8, 4) is 0 Å². The Labute approximate surface area is 101 Å². The molecule has 1 atom stereocenters. The molecule has 1 aromatic rings. The maximum atomic E-state index is 4.58. The van der Waals surface area contributed by atoms with Gasteiger partial charge in [-0.25, -0.2) is 4.98 Å². The molecule has 0 saturated carbocycles. The monoisotopic (exact) mass is 238 g/mol. The van der Waals surface area contributed by atoms with E-state index in [4.69, 9.17) is 0 Å². The fourth-order valence-electron chi connectivity index (χ4n) is 1.67. The topological polar surface area (TPSA) is 42.2 Å². The molecule has 1 fully saturated rings. The molecule has 1 aliphatic rings. The van der Waals surface area contributed by atoms with Crippen molar-refractivity contribution >= 4 is 16.9 Å². The first-order valence-corrected chi connectivity index (χ1v) is 6.76. The van der Waals surface area contributed by atoms with Gasteiger partial charge < -0.3 is 9.88 Å². The molecule has 4 nitrogen and oxygen atoms in total. The molecule has 0 amide bonds. The van der Waals surface area contributed by atoms with Crippen molar-refractivity contribution in [1.82, 2.24) is 14.9 Å². The average molecular weight is 238 g/mol. The van der Waals surface area contributed by atoms with Crippen LogP contribution >= 0.6 is 11.8 Å². The number of hydrogen-bond acceptors (Lipinski definition) is 3. The molecule has 88 valence electrons. The molecular formula is C11H18N4S. The Balaban J connectivity index is 1.78. The number of aromatic nitrogens is 2. The van der Waals surface area contributed by atoms with Crippen LogP contribution in [0.15, 0.2) is 23.7 Å². The van der Waals surface area contributed by atoms with Crippen LogP contribution in [-0.4, -0.2) is 33.1 Å². The first-order chi connectivity index (χ1) is 7.88. The number of amidine groups is 1. The normalized spacial score (nSPS) is 23.3. The largest absolute Gasteiger partial charge is 0.362 e. The van der Waals surface area contributed by atoms with E-state index in [0.717, 1.165) is 18.3 Å². The third-order valence-electron chi connectivity index (χ3n) is 2.70. The summed E-state index contributed by atoms with van der Waals surface area (Å²) < 4.78 is 2.05. The van der Waals surface area contributed by atoms with Crippen LogP contribution < -0.4 is 5.32 Å². The van der Waals surface area contributed by atoms with E-state index in [1.54, 1.807) is 6.20 Å². The highest BCUT2D eigenvalue weighted by molar-refractivity contribution is 8.13. The molecule has 16 heavy (non-hydrogen) atoms. The van der Waals surface area contributed by atoms with Crippen LogP contribution in [0.3, 0.4) is 0 Å². The molecule has 0 spiro atoms.